The number of aromatic nitrogens is 3. The van der Waals surface area contributed by atoms with Crippen molar-refractivity contribution >= 4 is 27.0 Å². The molecule has 0 aliphatic rings. The third-order valence-electron chi connectivity index (χ3n) is 2.98. The Hall–Kier alpha value is -1.75. The second-order valence-corrected chi connectivity index (χ2v) is 5.07. The van der Waals surface area contributed by atoms with Crippen LogP contribution in [0.1, 0.15) is 12.6 Å². The van der Waals surface area contributed by atoms with Crippen LogP contribution in [0.25, 0.3) is 22.4 Å². The summed E-state index contributed by atoms with van der Waals surface area (Å²) >= 11 is 3.48. The number of aryl methyl sites for hydroxylation is 1. The van der Waals surface area contributed by atoms with Gasteiger partial charge in [0.1, 0.15) is 11.5 Å². The molecule has 0 saturated carbocycles. The van der Waals surface area contributed by atoms with Gasteiger partial charge in [-0.05, 0) is 34.5 Å². The van der Waals surface area contributed by atoms with Gasteiger partial charge in [0.05, 0.1) is 11.1 Å². The van der Waals surface area contributed by atoms with Gasteiger partial charge in [-0.1, -0.05) is 19.1 Å². The van der Waals surface area contributed by atoms with Crippen LogP contribution < -0.4 is 0 Å². The molecule has 3 rings (SSSR count). The number of halogens is 2. The maximum Gasteiger partial charge on any atom is 0.161 e. The molecule has 96 valence electrons. The van der Waals surface area contributed by atoms with Gasteiger partial charge in [-0.15, -0.1) is 0 Å². The van der Waals surface area contributed by atoms with Crippen molar-refractivity contribution in [3.63, 3.8) is 0 Å². The predicted octanol–water partition coefficient (Wildman–Crippen LogP) is 4.09. The molecular weight excluding hydrogens is 309 g/mol. The van der Waals surface area contributed by atoms with E-state index in [2.05, 4.69) is 30.9 Å². The molecule has 0 spiro atoms. The fourth-order valence-corrected chi connectivity index (χ4v) is 2.61. The number of aromatic amines is 1. The molecule has 0 aliphatic carbocycles. The minimum atomic E-state index is -0.285. The lowest BCUT2D eigenvalue weighted by molar-refractivity contribution is 0.628. The van der Waals surface area contributed by atoms with Crippen LogP contribution >= 0.6 is 15.9 Å². The van der Waals surface area contributed by atoms with Gasteiger partial charge in [0.15, 0.2) is 5.82 Å². The SMILES string of the molecule is CCc1nc(-c2cccc(F)c2)nc2[nH]cc(Br)c12. The molecule has 2 heterocycles. The maximum atomic E-state index is 13.3. The monoisotopic (exact) mass is 319 g/mol. The third-order valence-corrected chi connectivity index (χ3v) is 3.60. The second kappa shape index (κ2) is 4.74. The van der Waals surface area contributed by atoms with Crippen LogP contribution in [0.15, 0.2) is 34.9 Å². The molecule has 0 unspecified atom stereocenters. The topological polar surface area (TPSA) is 41.6 Å². The molecule has 19 heavy (non-hydrogen) atoms. The number of benzene rings is 1. The third kappa shape index (κ3) is 2.14. The molecule has 0 bridgehead atoms. The van der Waals surface area contributed by atoms with Gasteiger partial charge >= 0.3 is 0 Å². The van der Waals surface area contributed by atoms with Gasteiger partial charge < -0.3 is 4.98 Å². The van der Waals surface area contributed by atoms with Gasteiger partial charge in [0.25, 0.3) is 0 Å². The quantitative estimate of drug-likeness (QED) is 0.773. The number of hydrogen-bond donors (Lipinski definition) is 1. The minimum absolute atomic E-state index is 0.285. The Balaban J connectivity index is 2.25. The first-order valence-corrected chi connectivity index (χ1v) is 6.77. The van der Waals surface area contributed by atoms with E-state index in [4.69, 9.17) is 0 Å². The fourth-order valence-electron chi connectivity index (χ4n) is 2.08. The van der Waals surface area contributed by atoms with Crippen LogP contribution in [0, 0.1) is 5.82 Å². The van der Waals surface area contributed by atoms with E-state index in [0.717, 1.165) is 27.6 Å². The molecule has 3 aromatic rings. The Morgan fingerprint density at radius 1 is 1.32 bits per heavy atom. The van der Waals surface area contributed by atoms with Gasteiger partial charge in [-0.2, -0.15) is 0 Å². The zero-order valence-electron chi connectivity index (χ0n) is 10.2. The standard InChI is InChI=1S/C14H11BrFN3/c1-2-11-12-10(15)7-17-14(12)19-13(18-11)8-4-3-5-9(16)6-8/h3-7H,2H2,1H3,(H,17,18,19). The van der Waals surface area contributed by atoms with Crippen LogP contribution in [0.5, 0.6) is 0 Å². The lowest BCUT2D eigenvalue weighted by Gasteiger charge is -2.05. The summed E-state index contributed by atoms with van der Waals surface area (Å²) in [5.41, 5.74) is 2.39. The fraction of sp³-hybridized carbons (Fsp3) is 0.143. The predicted molar refractivity (Wildman–Crippen MR) is 76.4 cm³/mol. The first kappa shape index (κ1) is 12.3. The van der Waals surface area contributed by atoms with Gasteiger partial charge in [0.2, 0.25) is 0 Å². The summed E-state index contributed by atoms with van der Waals surface area (Å²) < 4.78 is 14.2. The highest BCUT2D eigenvalue weighted by atomic mass is 79.9. The summed E-state index contributed by atoms with van der Waals surface area (Å²) in [5.74, 6) is 0.255. The molecule has 0 radical (unpaired) electrons. The number of nitrogens with zero attached hydrogens (tertiary/aromatic N) is 2. The highest BCUT2D eigenvalue weighted by Crippen LogP contribution is 2.27. The Bertz CT molecular complexity index is 752. The molecule has 2 aromatic heterocycles. The number of rotatable bonds is 2. The van der Waals surface area contributed by atoms with E-state index < -0.39 is 0 Å². The van der Waals surface area contributed by atoms with E-state index in [1.165, 1.54) is 12.1 Å². The molecular formula is C14H11BrFN3. The van der Waals surface area contributed by atoms with E-state index in [1.54, 1.807) is 6.07 Å². The first-order chi connectivity index (χ1) is 9.19. The Labute approximate surface area is 118 Å². The summed E-state index contributed by atoms with van der Waals surface area (Å²) in [4.78, 5) is 12.1. The highest BCUT2D eigenvalue weighted by molar-refractivity contribution is 9.10. The van der Waals surface area contributed by atoms with Crippen LogP contribution in [-0.4, -0.2) is 15.0 Å². The number of fused-ring (bicyclic) bond motifs is 1. The Kier molecular flexibility index (Phi) is 3.06. The molecule has 5 heteroatoms. The lowest BCUT2D eigenvalue weighted by atomic mass is 10.2. The summed E-state index contributed by atoms with van der Waals surface area (Å²) in [6, 6.07) is 6.32. The summed E-state index contributed by atoms with van der Waals surface area (Å²) in [7, 11) is 0. The van der Waals surface area contributed by atoms with Crippen LogP contribution in [-0.2, 0) is 6.42 Å². The average molecular weight is 320 g/mol. The molecule has 0 aliphatic heterocycles. The lowest BCUT2D eigenvalue weighted by Crippen LogP contribution is -1.96. The molecule has 0 atom stereocenters. The molecule has 3 nitrogen and oxygen atoms in total. The van der Waals surface area contributed by atoms with Crippen molar-refractivity contribution in [1.29, 1.82) is 0 Å². The van der Waals surface area contributed by atoms with E-state index in [1.807, 2.05) is 19.2 Å². The zero-order valence-corrected chi connectivity index (χ0v) is 11.8. The zero-order chi connectivity index (χ0) is 13.4. The summed E-state index contributed by atoms with van der Waals surface area (Å²) in [6.45, 7) is 2.04. The largest absolute Gasteiger partial charge is 0.345 e. The van der Waals surface area contributed by atoms with Crippen LogP contribution in [0.3, 0.4) is 0 Å². The first-order valence-electron chi connectivity index (χ1n) is 5.98. The average Bonchev–Trinajstić information content (AvgIpc) is 2.80. The normalized spacial score (nSPS) is 11.1. The van der Waals surface area contributed by atoms with Gasteiger partial charge in [0, 0.05) is 16.2 Å². The Morgan fingerprint density at radius 3 is 2.89 bits per heavy atom. The van der Waals surface area contributed by atoms with Crippen molar-refractivity contribution in [2.45, 2.75) is 13.3 Å². The van der Waals surface area contributed by atoms with Gasteiger partial charge in [-0.25, -0.2) is 14.4 Å². The maximum absolute atomic E-state index is 13.3. The molecule has 0 amide bonds. The number of nitrogens with one attached hydrogen (secondary N) is 1. The van der Waals surface area contributed by atoms with Crippen molar-refractivity contribution in [1.82, 2.24) is 15.0 Å². The molecule has 0 saturated heterocycles. The van der Waals surface area contributed by atoms with Crippen LogP contribution in [0.2, 0.25) is 0 Å². The second-order valence-electron chi connectivity index (χ2n) is 4.22. The van der Waals surface area contributed by atoms with Crippen molar-refractivity contribution in [3.05, 3.63) is 46.4 Å². The molecule has 0 fully saturated rings. The smallest absolute Gasteiger partial charge is 0.161 e. The van der Waals surface area contributed by atoms with E-state index in [9.17, 15) is 4.39 Å². The number of H-pyrrole nitrogens is 1. The van der Waals surface area contributed by atoms with E-state index in [0.29, 0.717) is 11.4 Å². The van der Waals surface area contributed by atoms with E-state index in [-0.39, 0.29) is 5.82 Å². The summed E-state index contributed by atoms with van der Waals surface area (Å²) in [5, 5.41) is 0.989. The number of hydrogen-bond acceptors (Lipinski definition) is 2. The van der Waals surface area contributed by atoms with Crippen molar-refractivity contribution < 1.29 is 4.39 Å². The highest BCUT2D eigenvalue weighted by Gasteiger charge is 2.12. The summed E-state index contributed by atoms with van der Waals surface area (Å²) in [6.07, 6.45) is 2.63. The van der Waals surface area contributed by atoms with Crippen molar-refractivity contribution in [2.24, 2.45) is 0 Å². The van der Waals surface area contributed by atoms with Gasteiger partial charge in [-0.3, -0.25) is 0 Å². The Morgan fingerprint density at radius 2 is 2.16 bits per heavy atom. The van der Waals surface area contributed by atoms with Crippen molar-refractivity contribution in [3.8, 4) is 11.4 Å². The molecule has 1 aromatic carbocycles. The minimum Gasteiger partial charge on any atom is -0.345 e. The van der Waals surface area contributed by atoms with Crippen molar-refractivity contribution in [2.75, 3.05) is 0 Å². The van der Waals surface area contributed by atoms with Crippen LogP contribution in [0.4, 0.5) is 4.39 Å². The molecule has 1 N–H and O–H groups in total. The van der Waals surface area contributed by atoms with E-state index >= 15 is 0 Å².